The van der Waals surface area contributed by atoms with Gasteiger partial charge in [0.1, 0.15) is 0 Å². The highest BCUT2D eigenvalue weighted by atomic mass is 16.1. The minimum atomic E-state index is 0.269. The zero-order valence-corrected chi connectivity index (χ0v) is 11.6. The number of hydrogen-bond acceptors (Lipinski definition) is 2. The van der Waals surface area contributed by atoms with Gasteiger partial charge < -0.3 is 0 Å². The second-order valence-electron chi connectivity index (χ2n) is 5.46. The molecule has 0 spiro atoms. The third-order valence-corrected chi connectivity index (χ3v) is 3.81. The predicted molar refractivity (Wildman–Crippen MR) is 75.4 cm³/mol. The zero-order chi connectivity index (χ0) is 13.6. The van der Waals surface area contributed by atoms with Crippen LogP contribution in [0.25, 0.3) is 11.1 Å². The van der Waals surface area contributed by atoms with Gasteiger partial charge in [-0.3, -0.25) is 9.48 Å². The van der Waals surface area contributed by atoms with Gasteiger partial charge in [-0.15, -0.1) is 0 Å². The van der Waals surface area contributed by atoms with E-state index < -0.39 is 0 Å². The van der Waals surface area contributed by atoms with E-state index in [-0.39, 0.29) is 5.78 Å². The van der Waals surface area contributed by atoms with Crippen LogP contribution >= 0.6 is 0 Å². The lowest BCUT2D eigenvalue weighted by Crippen LogP contribution is -2.00. The lowest BCUT2D eigenvalue weighted by atomic mass is 9.97. The van der Waals surface area contributed by atoms with Gasteiger partial charge in [-0.2, -0.15) is 5.10 Å². The molecule has 0 bridgehead atoms. The van der Waals surface area contributed by atoms with Crippen LogP contribution in [-0.4, -0.2) is 15.6 Å². The zero-order valence-electron chi connectivity index (χ0n) is 11.6. The van der Waals surface area contributed by atoms with Gasteiger partial charge in [0.05, 0.1) is 5.69 Å². The van der Waals surface area contributed by atoms with E-state index in [1.807, 2.05) is 23.7 Å². The van der Waals surface area contributed by atoms with Crippen LogP contribution in [0.5, 0.6) is 0 Å². The normalized spacial score (nSPS) is 14.2. The molecule has 98 valence electrons. The van der Waals surface area contributed by atoms with Crippen LogP contribution in [0.4, 0.5) is 0 Å². The smallest absolute Gasteiger partial charge is 0.163 e. The van der Waals surface area contributed by atoms with Crippen molar-refractivity contribution in [2.75, 3.05) is 0 Å². The molecule has 0 N–H and O–H groups in total. The second-order valence-corrected chi connectivity index (χ2v) is 5.46. The minimum Gasteiger partial charge on any atom is -0.294 e. The van der Waals surface area contributed by atoms with Crippen LogP contribution in [-0.2, 0) is 6.42 Å². The number of benzene rings is 1. The lowest BCUT2D eigenvalue weighted by Gasteiger charge is -2.06. The van der Waals surface area contributed by atoms with Crippen molar-refractivity contribution in [1.82, 2.24) is 9.78 Å². The van der Waals surface area contributed by atoms with Crippen molar-refractivity contribution in [3.63, 3.8) is 0 Å². The summed E-state index contributed by atoms with van der Waals surface area (Å²) in [6, 6.07) is 6.37. The third-order valence-electron chi connectivity index (χ3n) is 3.81. The Morgan fingerprint density at radius 2 is 1.89 bits per heavy atom. The van der Waals surface area contributed by atoms with Gasteiger partial charge in [-0.1, -0.05) is 18.2 Å². The summed E-state index contributed by atoms with van der Waals surface area (Å²) in [5.74, 6) is 0.269. The number of rotatable bonds is 2. The number of aromatic nitrogens is 2. The summed E-state index contributed by atoms with van der Waals surface area (Å²) in [7, 11) is 0. The van der Waals surface area contributed by atoms with Crippen LogP contribution in [0.2, 0.25) is 0 Å². The Labute approximate surface area is 113 Å². The van der Waals surface area contributed by atoms with Crippen LogP contribution in [0, 0.1) is 6.92 Å². The molecule has 1 aromatic carbocycles. The van der Waals surface area contributed by atoms with E-state index in [0.29, 0.717) is 12.5 Å². The van der Waals surface area contributed by atoms with Gasteiger partial charge in [-0.25, -0.2) is 0 Å². The topological polar surface area (TPSA) is 34.9 Å². The Balaban J connectivity index is 2.16. The molecule has 0 saturated carbocycles. The molecule has 3 nitrogen and oxygen atoms in total. The summed E-state index contributed by atoms with van der Waals surface area (Å²) in [6.07, 6.45) is 3.60. The van der Waals surface area contributed by atoms with Gasteiger partial charge in [0.15, 0.2) is 5.78 Å². The molecule has 19 heavy (non-hydrogen) atoms. The van der Waals surface area contributed by atoms with E-state index >= 15 is 0 Å². The van der Waals surface area contributed by atoms with E-state index in [9.17, 15) is 4.79 Å². The molecule has 3 rings (SSSR count). The average Bonchev–Trinajstić information content (AvgIpc) is 2.94. The molecule has 0 fully saturated rings. The molecule has 1 aliphatic carbocycles. The number of nitrogens with zero attached hydrogens (tertiary/aromatic N) is 2. The summed E-state index contributed by atoms with van der Waals surface area (Å²) >= 11 is 0. The maximum atomic E-state index is 11.8. The first-order valence-corrected chi connectivity index (χ1v) is 6.79. The maximum Gasteiger partial charge on any atom is 0.163 e. The molecule has 2 aromatic rings. The number of carbonyl (C=O) groups excluding carboxylic acids is 1. The van der Waals surface area contributed by atoms with Gasteiger partial charge in [0, 0.05) is 29.8 Å². The van der Waals surface area contributed by atoms with Gasteiger partial charge in [0.25, 0.3) is 0 Å². The largest absolute Gasteiger partial charge is 0.294 e. The summed E-state index contributed by atoms with van der Waals surface area (Å²) in [4.78, 5) is 11.8. The Hall–Kier alpha value is -1.90. The number of hydrogen-bond donors (Lipinski definition) is 0. The Kier molecular flexibility index (Phi) is 2.77. The highest BCUT2D eigenvalue weighted by Crippen LogP contribution is 2.34. The number of Topliss-reactive ketones (excluding diaryl/α,β-unsaturated/α-hetero) is 1. The van der Waals surface area contributed by atoms with Gasteiger partial charge in [-0.05, 0) is 38.3 Å². The first-order chi connectivity index (χ1) is 9.08. The lowest BCUT2D eigenvalue weighted by molar-refractivity contribution is 0.0994. The molecule has 1 aromatic heterocycles. The van der Waals surface area contributed by atoms with Crippen LogP contribution < -0.4 is 0 Å². The molecule has 3 heteroatoms. The monoisotopic (exact) mass is 254 g/mol. The van der Waals surface area contributed by atoms with Gasteiger partial charge in [0.2, 0.25) is 0 Å². The molecule has 0 saturated heterocycles. The quantitative estimate of drug-likeness (QED) is 0.821. The summed E-state index contributed by atoms with van der Waals surface area (Å²) in [5.41, 5.74) is 5.45. The second kappa shape index (κ2) is 4.34. The molecule has 0 unspecified atom stereocenters. The number of aryl methyl sites for hydroxylation is 1. The Bertz CT molecular complexity index is 653. The molecular weight excluding hydrogens is 236 g/mol. The summed E-state index contributed by atoms with van der Waals surface area (Å²) in [5, 5.41) is 4.56. The summed E-state index contributed by atoms with van der Waals surface area (Å²) < 4.78 is 1.99. The van der Waals surface area contributed by atoms with E-state index in [1.165, 1.54) is 11.1 Å². The SMILES string of the molecule is Cc1nn(C(C)C)cc1-c1cccc2c1CCC2=O. The molecule has 0 amide bonds. The van der Waals surface area contributed by atoms with Crippen molar-refractivity contribution in [1.29, 1.82) is 0 Å². The molecule has 0 atom stereocenters. The van der Waals surface area contributed by atoms with Crippen molar-refractivity contribution in [3.8, 4) is 11.1 Å². The van der Waals surface area contributed by atoms with Crippen LogP contribution in [0.15, 0.2) is 24.4 Å². The Morgan fingerprint density at radius 1 is 1.16 bits per heavy atom. The Morgan fingerprint density at radius 3 is 2.58 bits per heavy atom. The molecule has 1 aliphatic rings. The van der Waals surface area contributed by atoms with Crippen molar-refractivity contribution < 1.29 is 4.79 Å². The average molecular weight is 254 g/mol. The van der Waals surface area contributed by atoms with Crippen molar-refractivity contribution >= 4 is 5.78 Å². The highest BCUT2D eigenvalue weighted by molar-refractivity contribution is 6.02. The number of ketones is 1. The first kappa shape index (κ1) is 12.2. The molecule has 0 aliphatic heterocycles. The fraction of sp³-hybridized carbons (Fsp3) is 0.375. The standard InChI is InChI=1S/C16H18N2O/c1-10(2)18-9-15(11(3)17-18)12-5-4-6-14-13(12)7-8-16(14)19/h4-6,9-10H,7-8H2,1-3H3. The minimum absolute atomic E-state index is 0.269. The number of carbonyl (C=O) groups is 1. The van der Waals surface area contributed by atoms with E-state index in [4.69, 9.17) is 0 Å². The maximum absolute atomic E-state index is 11.8. The van der Waals surface area contributed by atoms with Gasteiger partial charge >= 0.3 is 0 Å². The third kappa shape index (κ3) is 1.89. The van der Waals surface area contributed by atoms with Crippen LogP contribution in [0.3, 0.4) is 0 Å². The van der Waals surface area contributed by atoms with Crippen molar-refractivity contribution in [2.45, 2.75) is 39.7 Å². The predicted octanol–water partition coefficient (Wildman–Crippen LogP) is 3.57. The molecular formula is C16H18N2O. The molecule has 0 radical (unpaired) electrons. The fourth-order valence-electron chi connectivity index (χ4n) is 2.75. The van der Waals surface area contributed by atoms with E-state index in [2.05, 4.69) is 31.2 Å². The first-order valence-electron chi connectivity index (χ1n) is 6.79. The van der Waals surface area contributed by atoms with Crippen molar-refractivity contribution in [2.24, 2.45) is 0 Å². The van der Waals surface area contributed by atoms with E-state index in [0.717, 1.165) is 23.2 Å². The van der Waals surface area contributed by atoms with Crippen LogP contribution in [0.1, 0.15) is 47.9 Å². The molecule has 1 heterocycles. The highest BCUT2D eigenvalue weighted by Gasteiger charge is 2.23. The fourth-order valence-corrected chi connectivity index (χ4v) is 2.75. The summed E-state index contributed by atoms with van der Waals surface area (Å²) in [6.45, 7) is 6.27. The van der Waals surface area contributed by atoms with Crippen molar-refractivity contribution in [3.05, 3.63) is 41.2 Å². The van der Waals surface area contributed by atoms with E-state index in [1.54, 1.807) is 0 Å². The number of fused-ring (bicyclic) bond motifs is 1.